The van der Waals surface area contributed by atoms with Crippen molar-refractivity contribution in [2.45, 2.75) is 32.9 Å². The summed E-state index contributed by atoms with van der Waals surface area (Å²) in [7, 11) is 0. The van der Waals surface area contributed by atoms with Gasteiger partial charge >= 0.3 is 5.97 Å². The van der Waals surface area contributed by atoms with E-state index in [2.05, 4.69) is 4.99 Å². The normalized spacial score (nSPS) is 16.1. The molecule has 4 rings (SSSR count). The number of aromatic nitrogens is 1. The highest BCUT2D eigenvalue weighted by atomic mass is 32.1. The largest absolute Gasteiger partial charge is 0.459 e. The molecular weight excluding hydrogens is 450 g/mol. The van der Waals surface area contributed by atoms with Crippen LogP contribution in [0.1, 0.15) is 37.3 Å². The molecule has 1 atom stereocenters. The van der Waals surface area contributed by atoms with E-state index in [0.29, 0.717) is 26.2 Å². The Morgan fingerprint density at radius 1 is 1.28 bits per heavy atom. The second-order valence-corrected chi connectivity index (χ2v) is 9.36. The van der Waals surface area contributed by atoms with E-state index in [1.807, 2.05) is 17.5 Å². The van der Waals surface area contributed by atoms with Gasteiger partial charge in [-0.2, -0.15) is 0 Å². The van der Waals surface area contributed by atoms with Gasteiger partial charge in [0.15, 0.2) is 4.80 Å². The van der Waals surface area contributed by atoms with Crippen LogP contribution in [0.15, 0.2) is 62.8 Å². The molecule has 10 heteroatoms. The second-order valence-electron chi connectivity index (χ2n) is 7.37. The first-order valence-electron chi connectivity index (χ1n) is 9.78. The average molecular weight is 470 g/mol. The summed E-state index contributed by atoms with van der Waals surface area (Å²) in [5.41, 5.74) is 0.655. The Hall–Kier alpha value is -3.37. The number of hydrogen-bond acceptors (Lipinski definition) is 8. The summed E-state index contributed by atoms with van der Waals surface area (Å²) in [6.07, 6.45) is 1.17. The number of allylic oxidation sites excluding steroid dienone is 1. The van der Waals surface area contributed by atoms with Gasteiger partial charge in [0.1, 0.15) is 6.04 Å². The molecule has 1 aliphatic heterocycles. The lowest BCUT2D eigenvalue weighted by molar-refractivity contribution is -0.385. The summed E-state index contributed by atoms with van der Waals surface area (Å²) in [4.78, 5) is 43.0. The Bertz CT molecular complexity index is 1410. The number of rotatable bonds is 5. The highest BCUT2D eigenvalue weighted by Gasteiger charge is 2.34. The Morgan fingerprint density at radius 3 is 2.69 bits per heavy atom. The summed E-state index contributed by atoms with van der Waals surface area (Å²) in [5, 5.41) is 13.3. The van der Waals surface area contributed by atoms with Gasteiger partial charge in [0, 0.05) is 10.9 Å². The van der Waals surface area contributed by atoms with Gasteiger partial charge in [0.2, 0.25) is 0 Å². The summed E-state index contributed by atoms with van der Waals surface area (Å²) >= 11 is 2.56. The van der Waals surface area contributed by atoms with E-state index in [1.54, 1.807) is 39.0 Å². The van der Waals surface area contributed by atoms with E-state index in [1.165, 1.54) is 28.0 Å². The fourth-order valence-electron chi connectivity index (χ4n) is 3.49. The fraction of sp³-hybridized carbons (Fsp3) is 0.227. The van der Waals surface area contributed by atoms with Gasteiger partial charge in [-0.05, 0) is 44.4 Å². The van der Waals surface area contributed by atoms with Gasteiger partial charge in [0.05, 0.1) is 32.4 Å². The van der Waals surface area contributed by atoms with Crippen molar-refractivity contribution in [2.24, 2.45) is 4.99 Å². The third kappa shape index (κ3) is 3.94. The molecule has 1 aliphatic rings. The van der Waals surface area contributed by atoms with Gasteiger partial charge in [-0.25, -0.2) is 9.79 Å². The van der Waals surface area contributed by atoms with Crippen molar-refractivity contribution < 1.29 is 14.5 Å². The number of fused-ring (bicyclic) bond motifs is 1. The third-order valence-electron chi connectivity index (χ3n) is 4.82. The van der Waals surface area contributed by atoms with Gasteiger partial charge in [-0.15, -0.1) is 11.3 Å². The molecule has 0 saturated heterocycles. The average Bonchev–Trinajstić information content (AvgIpc) is 3.35. The van der Waals surface area contributed by atoms with E-state index < -0.39 is 16.9 Å². The predicted molar refractivity (Wildman–Crippen MR) is 122 cm³/mol. The molecule has 0 spiro atoms. The third-order valence-corrected chi connectivity index (χ3v) is 6.72. The maximum absolute atomic E-state index is 13.4. The lowest BCUT2D eigenvalue weighted by atomic mass is 10.0. The number of thiophene rings is 1. The van der Waals surface area contributed by atoms with Crippen LogP contribution in [-0.2, 0) is 9.53 Å². The number of nitrogens with zero attached hydrogens (tertiary/aromatic N) is 3. The number of ether oxygens (including phenoxy) is 1. The predicted octanol–water partition coefficient (Wildman–Crippen LogP) is 3.16. The molecule has 0 fully saturated rings. The molecule has 0 saturated carbocycles. The minimum atomic E-state index is -0.676. The number of carbonyl (C=O) groups excluding carboxylic acids is 1. The molecule has 32 heavy (non-hydrogen) atoms. The van der Waals surface area contributed by atoms with E-state index in [9.17, 15) is 19.7 Å². The van der Waals surface area contributed by atoms with Crippen molar-refractivity contribution in [3.05, 3.63) is 93.3 Å². The van der Waals surface area contributed by atoms with E-state index in [4.69, 9.17) is 4.74 Å². The molecule has 0 bridgehead atoms. The molecule has 0 N–H and O–H groups in total. The van der Waals surface area contributed by atoms with Gasteiger partial charge in [-0.1, -0.05) is 29.5 Å². The number of benzene rings is 1. The molecule has 0 radical (unpaired) electrons. The standard InChI is InChI=1S/C22H19N3O5S2/c1-12(2)30-21(27)18-13(3)23-22-24(19(18)16-9-6-10-31-16)20(26)17(32-22)11-14-7-4-5-8-15(14)25(28)29/h4-12,19H,1-3H3. The van der Waals surface area contributed by atoms with Gasteiger partial charge < -0.3 is 4.74 Å². The summed E-state index contributed by atoms with van der Waals surface area (Å²) in [6, 6.07) is 9.26. The highest BCUT2D eigenvalue weighted by Crippen LogP contribution is 2.33. The Labute approximate surface area is 190 Å². The molecule has 0 amide bonds. The first-order chi connectivity index (χ1) is 15.3. The molecule has 164 valence electrons. The number of nitro groups is 1. The van der Waals surface area contributed by atoms with E-state index in [-0.39, 0.29) is 17.4 Å². The van der Waals surface area contributed by atoms with Crippen LogP contribution in [0.4, 0.5) is 5.69 Å². The van der Waals surface area contributed by atoms with E-state index >= 15 is 0 Å². The van der Waals surface area contributed by atoms with Crippen LogP contribution in [0.3, 0.4) is 0 Å². The number of thiazole rings is 1. The van der Waals surface area contributed by atoms with Crippen LogP contribution < -0.4 is 14.9 Å². The molecule has 3 aromatic rings. The van der Waals surface area contributed by atoms with Crippen LogP contribution >= 0.6 is 22.7 Å². The minimum Gasteiger partial charge on any atom is -0.459 e. The van der Waals surface area contributed by atoms with Crippen LogP contribution in [-0.4, -0.2) is 21.6 Å². The second kappa shape index (κ2) is 8.64. The highest BCUT2D eigenvalue weighted by molar-refractivity contribution is 7.10. The number of esters is 1. The van der Waals surface area contributed by atoms with Crippen LogP contribution in [0.2, 0.25) is 0 Å². The quantitative estimate of drug-likeness (QED) is 0.324. The minimum absolute atomic E-state index is 0.0921. The summed E-state index contributed by atoms with van der Waals surface area (Å²) in [5.74, 6) is -0.521. The smallest absolute Gasteiger partial charge is 0.338 e. The number of nitro benzene ring substituents is 1. The van der Waals surface area contributed by atoms with Gasteiger partial charge in [-0.3, -0.25) is 19.5 Å². The summed E-state index contributed by atoms with van der Waals surface area (Å²) < 4.78 is 7.21. The van der Waals surface area contributed by atoms with Crippen LogP contribution in [0.5, 0.6) is 0 Å². The summed E-state index contributed by atoms with van der Waals surface area (Å²) in [6.45, 7) is 5.24. The van der Waals surface area contributed by atoms with Crippen molar-refractivity contribution in [1.29, 1.82) is 0 Å². The Balaban J connectivity index is 1.94. The van der Waals surface area contributed by atoms with Crippen molar-refractivity contribution in [1.82, 2.24) is 4.57 Å². The zero-order valence-corrected chi connectivity index (χ0v) is 19.1. The van der Waals surface area contributed by atoms with Crippen molar-refractivity contribution in [3.8, 4) is 0 Å². The maximum Gasteiger partial charge on any atom is 0.338 e. The number of para-hydroxylation sites is 1. The topological polar surface area (TPSA) is 104 Å². The van der Waals surface area contributed by atoms with Crippen molar-refractivity contribution >= 4 is 40.4 Å². The zero-order chi connectivity index (χ0) is 23.0. The molecular formula is C22H19N3O5S2. The maximum atomic E-state index is 13.4. The van der Waals surface area contributed by atoms with E-state index in [0.717, 1.165) is 16.2 Å². The van der Waals surface area contributed by atoms with Crippen LogP contribution in [0.25, 0.3) is 6.08 Å². The first kappa shape index (κ1) is 21.8. The fourth-order valence-corrected chi connectivity index (χ4v) is 5.35. The Morgan fingerprint density at radius 2 is 2.03 bits per heavy atom. The lowest BCUT2D eigenvalue weighted by Gasteiger charge is -2.24. The Kier molecular flexibility index (Phi) is 5.90. The zero-order valence-electron chi connectivity index (χ0n) is 17.5. The van der Waals surface area contributed by atoms with Gasteiger partial charge in [0.25, 0.3) is 11.2 Å². The lowest BCUT2D eigenvalue weighted by Crippen LogP contribution is -2.39. The molecule has 2 aromatic heterocycles. The first-order valence-corrected chi connectivity index (χ1v) is 11.5. The molecule has 0 aliphatic carbocycles. The molecule has 8 nitrogen and oxygen atoms in total. The number of carbonyl (C=O) groups is 1. The monoisotopic (exact) mass is 469 g/mol. The van der Waals surface area contributed by atoms with Crippen molar-refractivity contribution in [2.75, 3.05) is 0 Å². The number of hydrogen-bond donors (Lipinski definition) is 0. The molecule has 1 aromatic carbocycles. The SMILES string of the molecule is CC1=C(C(=O)OC(C)C)C(c2cccs2)n2c(sc(=Cc3ccccc3[N+](=O)[O-])c2=O)=N1. The van der Waals surface area contributed by atoms with Crippen molar-refractivity contribution in [3.63, 3.8) is 0 Å². The molecule has 1 unspecified atom stereocenters. The van der Waals surface area contributed by atoms with Crippen LogP contribution in [0, 0.1) is 10.1 Å². The molecule has 3 heterocycles.